The Labute approximate surface area is 173 Å². The number of fused-ring (bicyclic) bond motifs is 1. The van der Waals surface area contributed by atoms with Gasteiger partial charge in [0.2, 0.25) is 5.88 Å². The number of alkyl halides is 2. The van der Waals surface area contributed by atoms with Crippen molar-refractivity contribution in [3.63, 3.8) is 0 Å². The predicted molar refractivity (Wildman–Crippen MR) is 104 cm³/mol. The van der Waals surface area contributed by atoms with Crippen LogP contribution >= 0.6 is 0 Å². The number of anilines is 1. The Balaban J connectivity index is 1.90. The summed E-state index contributed by atoms with van der Waals surface area (Å²) in [5.41, 5.74) is 1.07. The van der Waals surface area contributed by atoms with Crippen LogP contribution < -0.4 is 14.2 Å². The molecule has 2 aromatic rings. The van der Waals surface area contributed by atoms with E-state index in [4.69, 9.17) is 4.74 Å². The van der Waals surface area contributed by atoms with Gasteiger partial charge in [0.05, 0.1) is 12.0 Å². The minimum absolute atomic E-state index is 0.0487. The molecule has 1 atom stereocenters. The second-order valence-corrected chi connectivity index (χ2v) is 7.70. The number of aromatic nitrogens is 1. The van der Waals surface area contributed by atoms with Gasteiger partial charge in [0, 0.05) is 25.2 Å². The Morgan fingerprint density at radius 2 is 2.10 bits per heavy atom. The van der Waals surface area contributed by atoms with E-state index < -0.39 is 35.7 Å². The van der Waals surface area contributed by atoms with Crippen LogP contribution in [-0.2, 0) is 17.4 Å². The molecule has 0 bridgehead atoms. The zero-order chi connectivity index (χ0) is 21.8. The molecule has 1 aliphatic rings. The Morgan fingerprint density at radius 1 is 1.33 bits per heavy atom. The molecule has 30 heavy (non-hydrogen) atoms. The van der Waals surface area contributed by atoms with E-state index in [0.29, 0.717) is 35.4 Å². The fraction of sp³-hybridized carbons (Fsp3) is 0.368. The Kier molecular flexibility index (Phi) is 6.80. The van der Waals surface area contributed by atoms with Crippen LogP contribution in [0.25, 0.3) is 0 Å². The molecule has 0 spiro atoms. The number of methoxy groups -OCH3 is 1. The third-order valence-electron chi connectivity index (χ3n) is 4.48. The SMILES string of the molecule is COc1nc(OCC(F)F)c(F)cc1NS(=O)c1cccc2c1CCCN(C)C2=O. The number of ether oxygens (including phenoxy) is 2. The highest BCUT2D eigenvalue weighted by molar-refractivity contribution is 7.86. The summed E-state index contributed by atoms with van der Waals surface area (Å²) in [5.74, 6) is -2.00. The zero-order valence-electron chi connectivity index (χ0n) is 16.3. The average Bonchev–Trinajstić information content (AvgIpc) is 2.86. The molecule has 162 valence electrons. The second kappa shape index (κ2) is 9.33. The average molecular weight is 443 g/mol. The number of nitrogens with zero attached hydrogens (tertiary/aromatic N) is 2. The highest BCUT2D eigenvalue weighted by atomic mass is 32.2. The molecule has 1 amide bonds. The van der Waals surface area contributed by atoms with Gasteiger partial charge >= 0.3 is 0 Å². The first kappa shape index (κ1) is 21.9. The van der Waals surface area contributed by atoms with Crippen LogP contribution in [0.1, 0.15) is 22.3 Å². The van der Waals surface area contributed by atoms with Crippen molar-refractivity contribution < 1.29 is 31.6 Å². The topological polar surface area (TPSA) is 80.8 Å². The molecule has 1 N–H and O–H groups in total. The molecule has 0 fully saturated rings. The number of halogens is 3. The molecule has 0 aliphatic carbocycles. The number of hydrogen-bond donors (Lipinski definition) is 1. The summed E-state index contributed by atoms with van der Waals surface area (Å²) in [5, 5.41) is 0. The van der Waals surface area contributed by atoms with Gasteiger partial charge in [-0.25, -0.2) is 17.4 Å². The maximum absolute atomic E-state index is 14.2. The fourth-order valence-electron chi connectivity index (χ4n) is 3.08. The quantitative estimate of drug-likeness (QED) is 0.712. The lowest BCUT2D eigenvalue weighted by Gasteiger charge is -2.16. The number of benzene rings is 1. The van der Waals surface area contributed by atoms with Crippen LogP contribution in [0.4, 0.5) is 18.9 Å². The third kappa shape index (κ3) is 4.66. The lowest BCUT2D eigenvalue weighted by molar-refractivity contribution is 0.0769. The number of carbonyl (C=O) groups is 1. The van der Waals surface area contributed by atoms with E-state index in [0.717, 1.165) is 6.07 Å². The van der Waals surface area contributed by atoms with Crippen LogP contribution in [0.2, 0.25) is 0 Å². The highest BCUT2D eigenvalue weighted by Gasteiger charge is 2.24. The van der Waals surface area contributed by atoms with Crippen molar-refractivity contribution in [1.82, 2.24) is 9.88 Å². The van der Waals surface area contributed by atoms with Gasteiger partial charge in [0.25, 0.3) is 18.2 Å². The molecule has 1 unspecified atom stereocenters. The lowest BCUT2D eigenvalue weighted by Crippen LogP contribution is -2.26. The maximum atomic E-state index is 14.2. The van der Waals surface area contributed by atoms with Gasteiger partial charge < -0.3 is 14.4 Å². The van der Waals surface area contributed by atoms with E-state index in [1.54, 1.807) is 30.1 Å². The molecule has 0 saturated heterocycles. The molecule has 7 nitrogen and oxygen atoms in total. The fourth-order valence-corrected chi connectivity index (χ4v) is 4.17. The molecular formula is C19H20F3N3O4S. The smallest absolute Gasteiger partial charge is 0.272 e. The van der Waals surface area contributed by atoms with Gasteiger partial charge in [-0.05, 0) is 30.5 Å². The van der Waals surface area contributed by atoms with Crippen LogP contribution in [0.5, 0.6) is 11.8 Å². The summed E-state index contributed by atoms with van der Waals surface area (Å²) in [6.45, 7) is -0.444. The summed E-state index contributed by atoms with van der Waals surface area (Å²) < 4.78 is 64.1. The number of hydrogen-bond acceptors (Lipinski definition) is 5. The van der Waals surface area contributed by atoms with E-state index in [1.807, 2.05) is 0 Å². The van der Waals surface area contributed by atoms with E-state index in [9.17, 15) is 22.2 Å². The van der Waals surface area contributed by atoms with Gasteiger partial charge in [-0.1, -0.05) is 6.07 Å². The Hall–Kier alpha value is -2.82. The Morgan fingerprint density at radius 3 is 2.80 bits per heavy atom. The minimum Gasteiger partial charge on any atom is -0.479 e. The number of rotatable bonds is 7. The van der Waals surface area contributed by atoms with Crippen molar-refractivity contribution in [3.8, 4) is 11.8 Å². The van der Waals surface area contributed by atoms with Gasteiger partial charge in [-0.15, -0.1) is 0 Å². The number of pyridine rings is 1. The van der Waals surface area contributed by atoms with Crippen molar-refractivity contribution in [3.05, 3.63) is 41.2 Å². The molecule has 0 saturated carbocycles. The molecule has 1 aromatic heterocycles. The molecule has 2 heterocycles. The van der Waals surface area contributed by atoms with E-state index in [2.05, 4.69) is 14.4 Å². The lowest BCUT2D eigenvalue weighted by atomic mass is 10.0. The van der Waals surface area contributed by atoms with Crippen molar-refractivity contribution in [2.24, 2.45) is 0 Å². The van der Waals surface area contributed by atoms with E-state index >= 15 is 0 Å². The summed E-state index contributed by atoms with van der Waals surface area (Å²) in [7, 11) is 1.09. The normalized spacial score (nSPS) is 14.9. The van der Waals surface area contributed by atoms with Gasteiger partial charge in [0.15, 0.2) is 23.4 Å². The number of carbonyl (C=O) groups excluding carboxylic acids is 1. The first-order valence-corrected chi connectivity index (χ1v) is 10.2. The standard InChI is InChI=1S/C19H20F3N3O4S/c1-25-8-4-6-11-12(19(25)26)5-3-7-15(11)30(27)24-14-9-13(20)17(23-18(14)28-2)29-10-16(21)22/h3,5,7,9,16,24H,4,6,8,10H2,1-2H3. The van der Waals surface area contributed by atoms with E-state index in [-0.39, 0.29) is 17.5 Å². The second-order valence-electron chi connectivity index (χ2n) is 6.52. The first-order chi connectivity index (χ1) is 14.3. The van der Waals surface area contributed by atoms with Crippen molar-refractivity contribution in [2.45, 2.75) is 24.2 Å². The van der Waals surface area contributed by atoms with Crippen molar-refractivity contribution in [1.29, 1.82) is 0 Å². The zero-order valence-corrected chi connectivity index (χ0v) is 17.1. The van der Waals surface area contributed by atoms with Crippen molar-refractivity contribution in [2.75, 3.05) is 32.0 Å². The maximum Gasteiger partial charge on any atom is 0.272 e. The summed E-state index contributed by atoms with van der Waals surface area (Å²) >= 11 is 0. The van der Waals surface area contributed by atoms with Crippen LogP contribution in [0.15, 0.2) is 29.2 Å². The van der Waals surface area contributed by atoms with Crippen LogP contribution in [-0.4, -0.2) is 53.7 Å². The van der Waals surface area contributed by atoms with Gasteiger partial charge in [-0.2, -0.15) is 4.98 Å². The summed E-state index contributed by atoms with van der Waals surface area (Å²) in [6.07, 6.45) is -1.53. The minimum atomic E-state index is -2.79. The molecular weight excluding hydrogens is 423 g/mol. The Bertz CT molecular complexity index is 974. The van der Waals surface area contributed by atoms with Crippen molar-refractivity contribution >= 4 is 22.6 Å². The summed E-state index contributed by atoms with van der Waals surface area (Å²) in [6, 6.07) is 5.83. The van der Waals surface area contributed by atoms with Gasteiger partial charge in [-0.3, -0.25) is 9.52 Å². The first-order valence-electron chi connectivity index (χ1n) is 9.03. The third-order valence-corrected chi connectivity index (χ3v) is 5.67. The van der Waals surface area contributed by atoms with Gasteiger partial charge in [0.1, 0.15) is 5.69 Å². The largest absolute Gasteiger partial charge is 0.479 e. The molecule has 1 aromatic carbocycles. The van der Waals surface area contributed by atoms with Crippen LogP contribution in [0.3, 0.4) is 0 Å². The highest BCUT2D eigenvalue weighted by Crippen LogP contribution is 2.31. The molecule has 0 radical (unpaired) electrons. The number of amides is 1. The predicted octanol–water partition coefficient (Wildman–Crippen LogP) is 3.03. The van der Waals surface area contributed by atoms with Crippen LogP contribution in [0, 0.1) is 5.82 Å². The van der Waals surface area contributed by atoms with E-state index in [1.165, 1.54) is 7.11 Å². The molecule has 11 heteroatoms. The molecule has 3 rings (SSSR count). The summed E-state index contributed by atoms with van der Waals surface area (Å²) in [4.78, 5) is 18.2. The molecule has 1 aliphatic heterocycles. The number of nitrogens with one attached hydrogen (secondary N) is 1. The monoisotopic (exact) mass is 443 g/mol.